The maximum Gasteiger partial charge on any atom is 0.241 e. The van der Waals surface area contributed by atoms with Crippen LogP contribution in [0.15, 0.2) is 42.5 Å². The third kappa shape index (κ3) is 4.60. The molecular formula is C24H31N3O3. The van der Waals surface area contributed by atoms with Crippen molar-refractivity contribution < 1.29 is 14.3 Å². The molecule has 1 saturated heterocycles. The van der Waals surface area contributed by atoms with Crippen LogP contribution in [0.2, 0.25) is 0 Å². The van der Waals surface area contributed by atoms with Gasteiger partial charge in [-0.2, -0.15) is 0 Å². The highest BCUT2D eigenvalue weighted by molar-refractivity contribution is 5.95. The van der Waals surface area contributed by atoms with Gasteiger partial charge in [0.25, 0.3) is 0 Å². The van der Waals surface area contributed by atoms with Crippen molar-refractivity contribution in [3.8, 4) is 11.5 Å². The third-order valence-electron chi connectivity index (χ3n) is 6.02. The number of nitrogens with one attached hydrogen (secondary N) is 1. The van der Waals surface area contributed by atoms with Crippen molar-refractivity contribution >= 4 is 11.6 Å². The van der Waals surface area contributed by atoms with Crippen LogP contribution < -0.4 is 14.8 Å². The molecule has 30 heavy (non-hydrogen) atoms. The van der Waals surface area contributed by atoms with Gasteiger partial charge >= 0.3 is 0 Å². The van der Waals surface area contributed by atoms with E-state index in [2.05, 4.69) is 47.2 Å². The molecule has 2 aromatic carbocycles. The average Bonchev–Trinajstić information content (AvgIpc) is 3.22. The molecule has 1 fully saturated rings. The van der Waals surface area contributed by atoms with E-state index in [1.165, 1.54) is 11.1 Å². The number of benzene rings is 2. The minimum absolute atomic E-state index is 0.0623. The lowest BCUT2D eigenvalue weighted by molar-refractivity contribution is -0.121. The second kappa shape index (κ2) is 9.06. The molecule has 6 heteroatoms. The number of piperazine rings is 1. The molecule has 160 valence electrons. The smallest absolute Gasteiger partial charge is 0.241 e. The molecule has 0 spiro atoms. The van der Waals surface area contributed by atoms with Gasteiger partial charge in [-0.1, -0.05) is 38.1 Å². The van der Waals surface area contributed by atoms with Crippen molar-refractivity contribution in [3.63, 3.8) is 0 Å². The van der Waals surface area contributed by atoms with Crippen molar-refractivity contribution in [2.75, 3.05) is 38.3 Å². The highest BCUT2D eigenvalue weighted by Gasteiger charge is 2.26. The second-order valence-corrected chi connectivity index (χ2v) is 8.41. The first-order valence-electron chi connectivity index (χ1n) is 10.8. The molecule has 2 aliphatic rings. The Bertz CT molecular complexity index is 891. The summed E-state index contributed by atoms with van der Waals surface area (Å²) in [6.45, 7) is 11.1. The Morgan fingerprint density at radius 3 is 2.50 bits per heavy atom. The number of para-hydroxylation sites is 1. The molecule has 0 saturated carbocycles. The maximum absolute atomic E-state index is 12.9. The number of fused-ring (bicyclic) bond motifs is 1. The summed E-state index contributed by atoms with van der Waals surface area (Å²) in [5, 5.41) is 3.14. The van der Waals surface area contributed by atoms with Crippen LogP contribution in [0.4, 0.5) is 5.69 Å². The van der Waals surface area contributed by atoms with Crippen molar-refractivity contribution in [2.45, 2.75) is 39.3 Å². The van der Waals surface area contributed by atoms with Gasteiger partial charge in [-0.15, -0.1) is 0 Å². The third-order valence-corrected chi connectivity index (χ3v) is 6.02. The Morgan fingerprint density at radius 1 is 1.00 bits per heavy atom. The SMILES string of the molecule is CC(C)c1ccccc1NC(=O)[C@H](C)N1CCN(Cc2ccc3c(c2)OCO3)CC1. The number of rotatable bonds is 6. The number of amides is 1. The largest absolute Gasteiger partial charge is 0.454 e. The minimum Gasteiger partial charge on any atom is -0.454 e. The predicted molar refractivity (Wildman–Crippen MR) is 118 cm³/mol. The second-order valence-electron chi connectivity index (χ2n) is 8.41. The van der Waals surface area contributed by atoms with E-state index in [1.807, 2.05) is 31.2 Å². The summed E-state index contributed by atoms with van der Waals surface area (Å²) < 4.78 is 10.9. The molecular weight excluding hydrogens is 378 g/mol. The summed E-state index contributed by atoms with van der Waals surface area (Å²) >= 11 is 0. The first kappa shape index (κ1) is 20.7. The van der Waals surface area contributed by atoms with Gasteiger partial charge in [-0.05, 0) is 42.2 Å². The van der Waals surface area contributed by atoms with Crippen molar-refractivity contribution in [1.29, 1.82) is 0 Å². The van der Waals surface area contributed by atoms with Crippen LogP contribution in [0.1, 0.15) is 37.8 Å². The number of anilines is 1. The molecule has 2 heterocycles. The van der Waals surface area contributed by atoms with Gasteiger partial charge in [0.05, 0.1) is 6.04 Å². The zero-order valence-corrected chi connectivity index (χ0v) is 18.1. The summed E-state index contributed by atoms with van der Waals surface area (Å²) in [6, 6.07) is 14.1. The molecule has 4 rings (SSSR count). The van der Waals surface area contributed by atoms with Crippen LogP contribution in [-0.4, -0.2) is 54.7 Å². The number of hydrogen-bond donors (Lipinski definition) is 1. The molecule has 0 bridgehead atoms. The van der Waals surface area contributed by atoms with Gasteiger partial charge in [0, 0.05) is 38.4 Å². The summed E-state index contributed by atoms with van der Waals surface area (Å²) in [4.78, 5) is 17.6. The van der Waals surface area contributed by atoms with Gasteiger partial charge < -0.3 is 14.8 Å². The normalized spacial score (nSPS) is 17.9. The highest BCUT2D eigenvalue weighted by atomic mass is 16.7. The van der Waals surface area contributed by atoms with Crippen molar-refractivity contribution in [3.05, 3.63) is 53.6 Å². The van der Waals surface area contributed by atoms with Gasteiger partial charge in [0.15, 0.2) is 11.5 Å². The molecule has 2 aromatic rings. The lowest BCUT2D eigenvalue weighted by Crippen LogP contribution is -2.52. The Balaban J connectivity index is 1.30. The fourth-order valence-corrected chi connectivity index (χ4v) is 4.12. The molecule has 0 aromatic heterocycles. The zero-order valence-electron chi connectivity index (χ0n) is 18.1. The van der Waals surface area contributed by atoms with E-state index in [4.69, 9.17) is 9.47 Å². The summed E-state index contributed by atoms with van der Waals surface area (Å²) in [5.41, 5.74) is 3.32. The summed E-state index contributed by atoms with van der Waals surface area (Å²) in [6.07, 6.45) is 0. The summed E-state index contributed by atoms with van der Waals surface area (Å²) in [5.74, 6) is 2.09. The van der Waals surface area contributed by atoms with Crippen LogP contribution in [0.5, 0.6) is 11.5 Å². The van der Waals surface area contributed by atoms with E-state index in [0.717, 1.165) is 49.9 Å². The first-order chi connectivity index (χ1) is 14.5. The average molecular weight is 410 g/mol. The van der Waals surface area contributed by atoms with Crippen LogP contribution in [-0.2, 0) is 11.3 Å². The molecule has 1 amide bonds. The lowest BCUT2D eigenvalue weighted by Gasteiger charge is -2.37. The Morgan fingerprint density at radius 2 is 1.73 bits per heavy atom. The van der Waals surface area contributed by atoms with E-state index in [1.54, 1.807) is 0 Å². The number of ether oxygens (including phenoxy) is 2. The quantitative estimate of drug-likeness (QED) is 0.789. The number of hydrogen-bond acceptors (Lipinski definition) is 5. The predicted octanol–water partition coefficient (Wildman–Crippen LogP) is 3.68. The molecule has 0 radical (unpaired) electrons. The van der Waals surface area contributed by atoms with Crippen LogP contribution in [0.25, 0.3) is 0 Å². The molecule has 1 N–H and O–H groups in total. The van der Waals surface area contributed by atoms with Crippen molar-refractivity contribution in [1.82, 2.24) is 9.80 Å². The monoisotopic (exact) mass is 409 g/mol. The van der Waals surface area contributed by atoms with Gasteiger partial charge in [0.1, 0.15) is 0 Å². The Labute approximate surface area is 178 Å². The topological polar surface area (TPSA) is 54.0 Å². The van der Waals surface area contributed by atoms with E-state index in [-0.39, 0.29) is 11.9 Å². The van der Waals surface area contributed by atoms with Gasteiger partial charge in [-0.3, -0.25) is 14.6 Å². The standard InChI is InChI=1S/C24H31N3O3/c1-17(2)20-6-4-5-7-21(20)25-24(28)18(3)27-12-10-26(11-13-27)15-19-8-9-22-23(14-19)30-16-29-22/h4-9,14,17-18H,10-13,15-16H2,1-3H3,(H,25,28)/t18-/m0/s1. The van der Waals surface area contributed by atoms with Crippen LogP contribution >= 0.6 is 0 Å². The Kier molecular flexibility index (Phi) is 6.25. The van der Waals surface area contributed by atoms with E-state index < -0.39 is 0 Å². The van der Waals surface area contributed by atoms with Crippen LogP contribution in [0.3, 0.4) is 0 Å². The maximum atomic E-state index is 12.9. The Hall–Kier alpha value is -2.57. The van der Waals surface area contributed by atoms with Crippen LogP contribution in [0, 0.1) is 0 Å². The molecule has 6 nitrogen and oxygen atoms in total. The molecule has 1 atom stereocenters. The number of nitrogens with zero attached hydrogens (tertiary/aromatic N) is 2. The number of carbonyl (C=O) groups is 1. The van der Waals surface area contributed by atoms with Gasteiger partial charge in [0.2, 0.25) is 12.7 Å². The summed E-state index contributed by atoms with van der Waals surface area (Å²) in [7, 11) is 0. The molecule has 2 aliphatic heterocycles. The lowest BCUT2D eigenvalue weighted by atomic mass is 10.0. The molecule has 0 aliphatic carbocycles. The zero-order chi connectivity index (χ0) is 21.1. The fourth-order valence-electron chi connectivity index (χ4n) is 4.12. The fraction of sp³-hybridized carbons (Fsp3) is 0.458. The molecule has 0 unspecified atom stereocenters. The van der Waals surface area contributed by atoms with E-state index in [0.29, 0.717) is 12.7 Å². The highest BCUT2D eigenvalue weighted by Crippen LogP contribution is 2.33. The van der Waals surface area contributed by atoms with E-state index >= 15 is 0 Å². The van der Waals surface area contributed by atoms with Gasteiger partial charge in [-0.25, -0.2) is 0 Å². The van der Waals surface area contributed by atoms with E-state index in [9.17, 15) is 4.79 Å². The van der Waals surface area contributed by atoms with Crippen molar-refractivity contribution in [2.24, 2.45) is 0 Å². The number of carbonyl (C=O) groups excluding carboxylic acids is 1. The first-order valence-corrected chi connectivity index (χ1v) is 10.8. The minimum atomic E-state index is -0.155.